The van der Waals surface area contributed by atoms with Crippen molar-refractivity contribution in [3.05, 3.63) is 26.4 Å². The highest BCUT2D eigenvalue weighted by Crippen LogP contribution is 2.28. The standard InChI is InChI=1S/C9H9BrOS/c1-3-4-7-5-8(10)12-9(7)6(2)11/h3-5H,1-2H3. The number of ketones is 1. The first-order valence-corrected chi connectivity index (χ1v) is 5.19. The predicted molar refractivity (Wildman–Crippen MR) is 56.7 cm³/mol. The second-order valence-electron chi connectivity index (χ2n) is 2.39. The number of halogens is 1. The number of hydrogen-bond acceptors (Lipinski definition) is 2. The lowest BCUT2D eigenvalue weighted by molar-refractivity contribution is 0.102. The summed E-state index contributed by atoms with van der Waals surface area (Å²) < 4.78 is 1.00. The molecule has 0 N–H and O–H groups in total. The zero-order valence-corrected chi connectivity index (χ0v) is 9.33. The van der Waals surface area contributed by atoms with Gasteiger partial charge in [-0.3, -0.25) is 4.79 Å². The van der Waals surface area contributed by atoms with Crippen molar-refractivity contribution in [1.82, 2.24) is 0 Å². The van der Waals surface area contributed by atoms with E-state index in [4.69, 9.17) is 0 Å². The van der Waals surface area contributed by atoms with Crippen molar-refractivity contribution in [1.29, 1.82) is 0 Å². The van der Waals surface area contributed by atoms with E-state index in [2.05, 4.69) is 15.9 Å². The van der Waals surface area contributed by atoms with Crippen molar-refractivity contribution < 1.29 is 4.79 Å². The van der Waals surface area contributed by atoms with E-state index in [-0.39, 0.29) is 5.78 Å². The van der Waals surface area contributed by atoms with Crippen LogP contribution in [0.4, 0.5) is 0 Å². The number of Topliss-reactive ketones (excluding diaryl/α,β-unsaturated/α-hetero) is 1. The summed E-state index contributed by atoms with van der Waals surface area (Å²) >= 11 is 4.83. The Hall–Kier alpha value is -0.410. The fraction of sp³-hybridized carbons (Fsp3) is 0.222. The highest BCUT2D eigenvalue weighted by atomic mass is 79.9. The third kappa shape index (κ3) is 2.05. The molecule has 1 rings (SSSR count). The van der Waals surface area contributed by atoms with E-state index >= 15 is 0 Å². The van der Waals surface area contributed by atoms with Gasteiger partial charge in [0.2, 0.25) is 0 Å². The van der Waals surface area contributed by atoms with Crippen LogP contribution in [-0.2, 0) is 0 Å². The first kappa shape index (κ1) is 9.68. The highest BCUT2D eigenvalue weighted by Gasteiger charge is 2.08. The van der Waals surface area contributed by atoms with Gasteiger partial charge in [0.05, 0.1) is 8.66 Å². The van der Waals surface area contributed by atoms with Crippen LogP contribution in [0.1, 0.15) is 29.1 Å². The Kier molecular flexibility index (Phi) is 3.23. The van der Waals surface area contributed by atoms with E-state index in [1.165, 1.54) is 11.3 Å². The van der Waals surface area contributed by atoms with Gasteiger partial charge in [0.15, 0.2) is 5.78 Å². The fourth-order valence-corrected chi connectivity index (χ4v) is 2.45. The first-order valence-electron chi connectivity index (χ1n) is 3.58. The molecule has 0 fully saturated rings. The summed E-state index contributed by atoms with van der Waals surface area (Å²) in [5, 5.41) is 0. The molecule has 0 aliphatic carbocycles. The van der Waals surface area contributed by atoms with Crippen LogP contribution in [0.15, 0.2) is 15.9 Å². The molecular weight excluding hydrogens is 236 g/mol. The monoisotopic (exact) mass is 244 g/mol. The summed E-state index contributed by atoms with van der Waals surface area (Å²) in [5.41, 5.74) is 1.00. The van der Waals surface area contributed by atoms with Gasteiger partial charge in [-0.1, -0.05) is 12.2 Å². The molecule has 0 saturated carbocycles. The predicted octanol–water partition coefficient (Wildman–Crippen LogP) is 3.75. The Labute approximate surface area is 84.2 Å². The number of rotatable bonds is 2. The van der Waals surface area contributed by atoms with Gasteiger partial charge in [0.1, 0.15) is 0 Å². The van der Waals surface area contributed by atoms with Crippen LogP contribution in [0.25, 0.3) is 6.08 Å². The maximum atomic E-state index is 11.1. The van der Waals surface area contributed by atoms with Crippen molar-refractivity contribution >= 4 is 39.1 Å². The Bertz CT molecular complexity index is 325. The normalized spacial score (nSPS) is 10.9. The molecule has 1 nitrogen and oxygen atoms in total. The minimum Gasteiger partial charge on any atom is -0.294 e. The van der Waals surface area contributed by atoms with Crippen molar-refractivity contribution in [3.63, 3.8) is 0 Å². The van der Waals surface area contributed by atoms with Crippen molar-refractivity contribution in [2.75, 3.05) is 0 Å². The van der Waals surface area contributed by atoms with Gasteiger partial charge in [-0.2, -0.15) is 0 Å². The summed E-state index contributed by atoms with van der Waals surface area (Å²) in [7, 11) is 0. The molecule has 1 heterocycles. The minimum atomic E-state index is 0.124. The van der Waals surface area contributed by atoms with Crippen LogP contribution in [-0.4, -0.2) is 5.78 Å². The lowest BCUT2D eigenvalue weighted by Gasteiger charge is -1.90. The van der Waals surface area contributed by atoms with Crippen LogP contribution >= 0.6 is 27.3 Å². The molecule has 0 bridgehead atoms. The van der Waals surface area contributed by atoms with E-state index in [1.807, 2.05) is 25.1 Å². The number of carbonyl (C=O) groups is 1. The highest BCUT2D eigenvalue weighted by molar-refractivity contribution is 9.11. The molecule has 0 amide bonds. The molecule has 0 aliphatic heterocycles. The first-order chi connectivity index (χ1) is 5.65. The van der Waals surface area contributed by atoms with Crippen LogP contribution in [0.2, 0.25) is 0 Å². The average Bonchev–Trinajstić information content (AvgIpc) is 2.32. The molecule has 0 unspecified atom stereocenters. The Balaban J connectivity index is 3.17. The van der Waals surface area contributed by atoms with E-state index in [0.29, 0.717) is 0 Å². The van der Waals surface area contributed by atoms with E-state index in [1.54, 1.807) is 6.92 Å². The molecule has 1 aromatic rings. The molecule has 0 saturated heterocycles. The summed E-state index contributed by atoms with van der Waals surface area (Å²) in [6, 6.07) is 1.96. The molecule has 0 atom stereocenters. The quantitative estimate of drug-likeness (QED) is 0.725. The molecule has 0 radical (unpaired) electrons. The molecule has 0 spiro atoms. The molecule has 0 aliphatic rings. The average molecular weight is 245 g/mol. The molecular formula is C9H9BrOS. The van der Waals surface area contributed by atoms with Gasteiger partial charge in [0.25, 0.3) is 0 Å². The van der Waals surface area contributed by atoms with Crippen molar-refractivity contribution in [3.8, 4) is 0 Å². The summed E-state index contributed by atoms with van der Waals surface area (Å²) in [4.78, 5) is 11.9. The number of thiophene rings is 1. The van der Waals surface area contributed by atoms with Gasteiger partial charge in [0, 0.05) is 0 Å². The second-order valence-corrected chi connectivity index (χ2v) is 4.82. The van der Waals surface area contributed by atoms with Crippen molar-refractivity contribution in [2.45, 2.75) is 13.8 Å². The Morgan fingerprint density at radius 3 is 2.83 bits per heavy atom. The molecule has 3 heteroatoms. The van der Waals surface area contributed by atoms with Crippen LogP contribution in [0, 0.1) is 0 Å². The second kappa shape index (κ2) is 4.01. The molecule has 1 aromatic heterocycles. The maximum absolute atomic E-state index is 11.1. The van der Waals surface area contributed by atoms with Crippen LogP contribution in [0.3, 0.4) is 0 Å². The number of allylic oxidation sites excluding steroid dienone is 1. The fourth-order valence-electron chi connectivity index (χ4n) is 0.952. The van der Waals surface area contributed by atoms with E-state index in [0.717, 1.165) is 14.2 Å². The zero-order chi connectivity index (χ0) is 9.14. The van der Waals surface area contributed by atoms with Gasteiger partial charge < -0.3 is 0 Å². The van der Waals surface area contributed by atoms with E-state index < -0.39 is 0 Å². The summed E-state index contributed by atoms with van der Waals surface area (Å²) in [5.74, 6) is 0.124. The lowest BCUT2D eigenvalue weighted by Crippen LogP contribution is -1.88. The van der Waals surface area contributed by atoms with Gasteiger partial charge in [-0.15, -0.1) is 11.3 Å². The molecule has 12 heavy (non-hydrogen) atoms. The maximum Gasteiger partial charge on any atom is 0.170 e. The topological polar surface area (TPSA) is 17.1 Å². The van der Waals surface area contributed by atoms with Gasteiger partial charge in [-0.25, -0.2) is 0 Å². The SMILES string of the molecule is CC=Cc1cc(Br)sc1C(C)=O. The lowest BCUT2D eigenvalue weighted by atomic mass is 10.2. The number of carbonyl (C=O) groups excluding carboxylic acids is 1. The molecule has 64 valence electrons. The van der Waals surface area contributed by atoms with Gasteiger partial charge >= 0.3 is 0 Å². The van der Waals surface area contributed by atoms with Crippen molar-refractivity contribution in [2.24, 2.45) is 0 Å². The Morgan fingerprint density at radius 2 is 2.33 bits per heavy atom. The van der Waals surface area contributed by atoms with Crippen LogP contribution < -0.4 is 0 Å². The zero-order valence-electron chi connectivity index (χ0n) is 6.93. The van der Waals surface area contributed by atoms with E-state index in [9.17, 15) is 4.79 Å². The molecule has 0 aromatic carbocycles. The van der Waals surface area contributed by atoms with Gasteiger partial charge in [-0.05, 0) is 41.4 Å². The third-order valence-electron chi connectivity index (χ3n) is 1.40. The number of hydrogen-bond donors (Lipinski definition) is 0. The summed E-state index contributed by atoms with van der Waals surface area (Å²) in [6.45, 7) is 3.53. The third-order valence-corrected chi connectivity index (χ3v) is 3.15. The summed E-state index contributed by atoms with van der Waals surface area (Å²) in [6.07, 6.45) is 3.87. The van der Waals surface area contributed by atoms with Crippen LogP contribution in [0.5, 0.6) is 0 Å². The minimum absolute atomic E-state index is 0.124. The largest absolute Gasteiger partial charge is 0.294 e. The smallest absolute Gasteiger partial charge is 0.170 e. The Morgan fingerprint density at radius 1 is 1.67 bits per heavy atom.